The second kappa shape index (κ2) is 6.17. The summed E-state index contributed by atoms with van der Waals surface area (Å²) >= 11 is 0. The molecule has 1 atom stereocenters. The summed E-state index contributed by atoms with van der Waals surface area (Å²) in [6, 6.07) is 2.85. The smallest absolute Gasteiger partial charge is 0.0492 e. The van der Waals surface area contributed by atoms with Gasteiger partial charge in [0.15, 0.2) is 0 Å². The Morgan fingerprint density at radius 1 is 1.53 bits per heavy atom. The van der Waals surface area contributed by atoms with Gasteiger partial charge in [0.2, 0.25) is 0 Å². The topological polar surface area (TPSA) is 33.1 Å². The van der Waals surface area contributed by atoms with E-state index in [0.29, 0.717) is 0 Å². The first-order valence-corrected chi connectivity index (χ1v) is 6.73. The molecule has 4 heteroatoms. The van der Waals surface area contributed by atoms with Gasteiger partial charge < -0.3 is 5.32 Å². The zero-order valence-electron chi connectivity index (χ0n) is 11.0. The van der Waals surface area contributed by atoms with E-state index in [0.717, 1.165) is 32.1 Å². The molecule has 1 unspecified atom stereocenters. The summed E-state index contributed by atoms with van der Waals surface area (Å²) in [5.41, 5.74) is 1.33. The molecule has 1 fully saturated rings. The van der Waals surface area contributed by atoms with Crippen LogP contribution in [0.25, 0.3) is 0 Å². The van der Waals surface area contributed by atoms with Crippen molar-refractivity contribution in [2.24, 2.45) is 7.05 Å². The van der Waals surface area contributed by atoms with E-state index in [2.05, 4.69) is 28.3 Å². The van der Waals surface area contributed by atoms with Crippen LogP contribution in [0.5, 0.6) is 0 Å². The Morgan fingerprint density at radius 2 is 2.41 bits per heavy atom. The Morgan fingerprint density at radius 3 is 3.12 bits per heavy atom. The number of rotatable bonds is 5. The van der Waals surface area contributed by atoms with Crippen molar-refractivity contribution in [1.29, 1.82) is 0 Å². The van der Waals surface area contributed by atoms with Crippen molar-refractivity contribution in [3.8, 4) is 0 Å². The van der Waals surface area contributed by atoms with Gasteiger partial charge in [0, 0.05) is 57.6 Å². The highest BCUT2D eigenvalue weighted by molar-refractivity contribution is 5.00. The number of aryl methyl sites for hydroxylation is 1. The standard InChI is InChI=1S/C13H24N4/c1-3-4-13-11-14-8-10-17(13)9-6-12-5-7-15-16(12)2/h5,7,13-14H,3-4,6,8-11H2,1-2H3. The zero-order chi connectivity index (χ0) is 12.1. The van der Waals surface area contributed by atoms with E-state index in [9.17, 15) is 0 Å². The molecule has 0 bridgehead atoms. The van der Waals surface area contributed by atoms with Crippen LogP contribution in [0.15, 0.2) is 12.3 Å². The first-order chi connectivity index (χ1) is 8.31. The van der Waals surface area contributed by atoms with Gasteiger partial charge in [-0.05, 0) is 12.5 Å². The van der Waals surface area contributed by atoms with Crippen molar-refractivity contribution in [1.82, 2.24) is 20.0 Å². The van der Waals surface area contributed by atoms with Crippen LogP contribution in [-0.2, 0) is 13.5 Å². The van der Waals surface area contributed by atoms with Gasteiger partial charge in [0.05, 0.1) is 0 Å². The quantitative estimate of drug-likeness (QED) is 0.829. The average molecular weight is 236 g/mol. The van der Waals surface area contributed by atoms with Crippen LogP contribution in [0, 0.1) is 0 Å². The van der Waals surface area contributed by atoms with E-state index in [1.165, 1.54) is 25.1 Å². The van der Waals surface area contributed by atoms with Crippen LogP contribution in [0.4, 0.5) is 0 Å². The second-order valence-electron chi connectivity index (χ2n) is 4.88. The number of hydrogen-bond donors (Lipinski definition) is 1. The third-order valence-corrected chi connectivity index (χ3v) is 3.67. The SMILES string of the molecule is CCCC1CNCCN1CCc1ccnn1C. The normalized spacial score (nSPS) is 21.9. The van der Waals surface area contributed by atoms with Gasteiger partial charge in [-0.2, -0.15) is 5.10 Å². The third-order valence-electron chi connectivity index (χ3n) is 3.67. The number of hydrogen-bond acceptors (Lipinski definition) is 3. The van der Waals surface area contributed by atoms with Crippen molar-refractivity contribution in [3.05, 3.63) is 18.0 Å². The number of aromatic nitrogens is 2. The Labute approximate surface area is 104 Å². The van der Waals surface area contributed by atoms with Crippen molar-refractivity contribution in [3.63, 3.8) is 0 Å². The van der Waals surface area contributed by atoms with Gasteiger partial charge in [0.25, 0.3) is 0 Å². The monoisotopic (exact) mass is 236 g/mol. The lowest BCUT2D eigenvalue weighted by Crippen LogP contribution is -2.51. The number of piperazine rings is 1. The maximum Gasteiger partial charge on any atom is 0.0492 e. The summed E-state index contributed by atoms with van der Waals surface area (Å²) in [6.07, 6.45) is 5.57. The van der Waals surface area contributed by atoms with E-state index >= 15 is 0 Å². The molecule has 1 N–H and O–H groups in total. The highest BCUT2D eigenvalue weighted by Crippen LogP contribution is 2.10. The Kier molecular flexibility index (Phi) is 4.57. The van der Waals surface area contributed by atoms with Crippen molar-refractivity contribution < 1.29 is 0 Å². The molecule has 0 amide bonds. The molecule has 96 valence electrons. The lowest BCUT2D eigenvalue weighted by molar-refractivity contribution is 0.153. The van der Waals surface area contributed by atoms with E-state index in [-0.39, 0.29) is 0 Å². The molecule has 0 aliphatic carbocycles. The minimum Gasteiger partial charge on any atom is -0.314 e. The predicted octanol–water partition coefficient (Wildman–Crippen LogP) is 1.04. The second-order valence-corrected chi connectivity index (χ2v) is 4.88. The molecule has 0 aromatic carbocycles. The highest BCUT2D eigenvalue weighted by atomic mass is 15.3. The first-order valence-electron chi connectivity index (χ1n) is 6.73. The minimum atomic E-state index is 0.724. The maximum absolute atomic E-state index is 4.22. The van der Waals surface area contributed by atoms with Crippen LogP contribution >= 0.6 is 0 Å². The van der Waals surface area contributed by atoms with Crippen LogP contribution in [0.1, 0.15) is 25.5 Å². The van der Waals surface area contributed by atoms with Gasteiger partial charge in [-0.15, -0.1) is 0 Å². The third kappa shape index (κ3) is 3.30. The van der Waals surface area contributed by atoms with E-state index < -0.39 is 0 Å². The molecule has 0 saturated carbocycles. The minimum absolute atomic E-state index is 0.724. The zero-order valence-corrected chi connectivity index (χ0v) is 11.0. The molecule has 0 spiro atoms. The van der Waals surface area contributed by atoms with E-state index in [1.807, 2.05) is 17.9 Å². The fourth-order valence-electron chi connectivity index (χ4n) is 2.62. The van der Waals surface area contributed by atoms with Gasteiger partial charge in [-0.25, -0.2) is 0 Å². The molecule has 2 heterocycles. The molecular weight excluding hydrogens is 212 g/mol. The van der Waals surface area contributed by atoms with Crippen LogP contribution in [0.3, 0.4) is 0 Å². The molecule has 1 aromatic rings. The lowest BCUT2D eigenvalue weighted by Gasteiger charge is -2.36. The maximum atomic E-state index is 4.22. The molecule has 1 aliphatic rings. The summed E-state index contributed by atoms with van der Waals surface area (Å²) in [5.74, 6) is 0. The fourth-order valence-corrected chi connectivity index (χ4v) is 2.62. The van der Waals surface area contributed by atoms with Gasteiger partial charge in [0.1, 0.15) is 0 Å². The molecule has 1 saturated heterocycles. The predicted molar refractivity (Wildman–Crippen MR) is 70.1 cm³/mol. The molecule has 0 radical (unpaired) electrons. The molecule has 1 aliphatic heterocycles. The van der Waals surface area contributed by atoms with Crippen LogP contribution in [0.2, 0.25) is 0 Å². The summed E-state index contributed by atoms with van der Waals surface area (Å²) in [5, 5.41) is 7.72. The Balaban J connectivity index is 1.86. The molecular formula is C13H24N4. The van der Waals surface area contributed by atoms with Crippen LogP contribution in [-0.4, -0.2) is 46.9 Å². The lowest BCUT2D eigenvalue weighted by atomic mass is 10.1. The van der Waals surface area contributed by atoms with Gasteiger partial charge >= 0.3 is 0 Å². The van der Waals surface area contributed by atoms with Gasteiger partial charge in [-0.1, -0.05) is 13.3 Å². The van der Waals surface area contributed by atoms with Crippen molar-refractivity contribution >= 4 is 0 Å². The number of nitrogens with zero attached hydrogens (tertiary/aromatic N) is 3. The molecule has 1 aromatic heterocycles. The van der Waals surface area contributed by atoms with Crippen molar-refractivity contribution in [2.45, 2.75) is 32.2 Å². The molecule has 4 nitrogen and oxygen atoms in total. The summed E-state index contributed by atoms with van der Waals surface area (Å²) in [4.78, 5) is 2.63. The Hall–Kier alpha value is -0.870. The summed E-state index contributed by atoms with van der Waals surface area (Å²) in [6.45, 7) is 6.90. The summed E-state index contributed by atoms with van der Waals surface area (Å²) < 4.78 is 1.98. The van der Waals surface area contributed by atoms with Gasteiger partial charge in [-0.3, -0.25) is 9.58 Å². The van der Waals surface area contributed by atoms with E-state index in [4.69, 9.17) is 0 Å². The molecule has 2 rings (SSSR count). The first kappa shape index (κ1) is 12.6. The van der Waals surface area contributed by atoms with Crippen molar-refractivity contribution in [2.75, 3.05) is 26.2 Å². The largest absolute Gasteiger partial charge is 0.314 e. The molecule has 17 heavy (non-hydrogen) atoms. The number of nitrogens with one attached hydrogen (secondary N) is 1. The average Bonchev–Trinajstić information content (AvgIpc) is 2.74. The Bertz CT molecular complexity index is 332. The highest BCUT2D eigenvalue weighted by Gasteiger charge is 2.20. The fraction of sp³-hybridized carbons (Fsp3) is 0.769. The van der Waals surface area contributed by atoms with Crippen LogP contribution < -0.4 is 5.32 Å². The summed E-state index contributed by atoms with van der Waals surface area (Å²) in [7, 11) is 2.02. The van der Waals surface area contributed by atoms with E-state index in [1.54, 1.807) is 0 Å².